The number of rotatable bonds is 4. The highest BCUT2D eigenvalue weighted by atomic mass is 79.9. The Kier molecular flexibility index (Phi) is 4.48. The molecule has 0 unspecified atom stereocenters. The van der Waals surface area contributed by atoms with E-state index in [0.717, 1.165) is 4.88 Å². The van der Waals surface area contributed by atoms with Gasteiger partial charge in [-0.25, -0.2) is 12.8 Å². The highest BCUT2D eigenvalue weighted by Gasteiger charge is 2.21. The first-order valence-electron chi connectivity index (χ1n) is 5.60. The van der Waals surface area contributed by atoms with Crippen LogP contribution in [0.1, 0.15) is 10.4 Å². The average molecular weight is 379 g/mol. The van der Waals surface area contributed by atoms with E-state index in [2.05, 4.69) is 20.7 Å². The molecule has 0 amide bonds. The Bertz CT molecular complexity index is 744. The molecule has 4 nitrogen and oxygen atoms in total. The molecule has 0 fully saturated rings. The Labute approximate surface area is 129 Å². The smallest absolute Gasteiger partial charge is 0.263 e. The molecular formula is C12H12BrFN2O2S2. The maximum Gasteiger partial charge on any atom is 0.263 e. The summed E-state index contributed by atoms with van der Waals surface area (Å²) in [5.41, 5.74) is 6.36. The molecular weight excluding hydrogens is 367 g/mol. The number of anilines is 1. The van der Waals surface area contributed by atoms with Crippen molar-refractivity contribution in [2.75, 3.05) is 4.72 Å². The van der Waals surface area contributed by atoms with Crippen LogP contribution in [0.2, 0.25) is 0 Å². The van der Waals surface area contributed by atoms with Crippen LogP contribution in [0.4, 0.5) is 10.1 Å². The van der Waals surface area contributed by atoms with E-state index in [0.29, 0.717) is 15.0 Å². The predicted octanol–water partition coefficient (Wildman–Crippen LogP) is 3.22. The number of halogens is 2. The number of aryl methyl sites for hydroxylation is 1. The second kappa shape index (κ2) is 5.80. The van der Waals surface area contributed by atoms with Gasteiger partial charge in [-0.15, -0.1) is 11.3 Å². The molecule has 20 heavy (non-hydrogen) atoms. The number of sulfonamides is 1. The number of thiophene rings is 1. The van der Waals surface area contributed by atoms with E-state index in [9.17, 15) is 12.8 Å². The number of benzene rings is 1. The topological polar surface area (TPSA) is 72.2 Å². The van der Waals surface area contributed by atoms with E-state index in [-0.39, 0.29) is 11.4 Å². The fourth-order valence-corrected chi connectivity index (χ4v) is 5.32. The molecule has 3 N–H and O–H groups in total. The summed E-state index contributed by atoms with van der Waals surface area (Å²) in [4.78, 5) is 0.889. The van der Waals surface area contributed by atoms with Gasteiger partial charge in [-0.3, -0.25) is 4.72 Å². The van der Waals surface area contributed by atoms with Crippen LogP contribution >= 0.6 is 27.3 Å². The molecule has 1 aromatic carbocycles. The zero-order valence-electron chi connectivity index (χ0n) is 10.5. The van der Waals surface area contributed by atoms with Gasteiger partial charge in [0.15, 0.2) is 0 Å². The summed E-state index contributed by atoms with van der Waals surface area (Å²) in [6, 6.07) is 5.40. The van der Waals surface area contributed by atoms with Crippen LogP contribution in [0.5, 0.6) is 0 Å². The normalized spacial score (nSPS) is 11.6. The van der Waals surface area contributed by atoms with E-state index in [1.165, 1.54) is 35.6 Å². The fourth-order valence-electron chi connectivity index (χ4n) is 1.62. The molecule has 108 valence electrons. The maximum absolute atomic E-state index is 13.0. The summed E-state index contributed by atoms with van der Waals surface area (Å²) in [6.45, 7) is 1.91. The predicted molar refractivity (Wildman–Crippen MR) is 81.9 cm³/mol. The van der Waals surface area contributed by atoms with Crippen molar-refractivity contribution < 1.29 is 12.8 Å². The van der Waals surface area contributed by atoms with Gasteiger partial charge in [0.05, 0.1) is 9.47 Å². The van der Waals surface area contributed by atoms with E-state index in [4.69, 9.17) is 5.73 Å². The van der Waals surface area contributed by atoms with Gasteiger partial charge in [-0.1, -0.05) is 0 Å². The first-order chi connectivity index (χ1) is 9.33. The Morgan fingerprint density at radius 2 is 2.10 bits per heavy atom. The Morgan fingerprint density at radius 3 is 2.65 bits per heavy atom. The Hall–Kier alpha value is -0.960. The van der Waals surface area contributed by atoms with Gasteiger partial charge in [-0.2, -0.15) is 0 Å². The molecule has 0 bridgehead atoms. The van der Waals surface area contributed by atoms with Gasteiger partial charge in [-0.05, 0) is 52.7 Å². The van der Waals surface area contributed by atoms with E-state index in [1.54, 1.807) is 6.92 Å². The average Bonchev–Trinajstić information content (AvgIpc) is 2.75. The standard InChI is InChI=1S/C12H12BrFN2O2S2/c1-7-4-8(14)2-3-10(7)16-20(17,18)11-5-9(6-15)19-12(11)13/h2-5,16H,6,15H2,1H3. The molecule has 0 atom stereocenters. The molecule has 0 saturated carbocycles. The highest BCUT2D eigenvalue weighted by Crippen LogP contribution is 2.33. The Balaban J connectivity index is 2.38. The van der Waals surface area contributed by atoms with Crippen molar-refractivity contribution in [2.24, 2.45) is 5.73 Å². The van der Waals surface area contributed by atoms with E-state index >= 15 is 0 Å². The quantitative estimate of drug-likeness (QED) is 0.857. The highest BCUT2D eigenvalue weighted by molar-refractivity contribution is 9.11. The van der Waals surface area contributed by atoms with Crippen LogP contribution in [0.25, 0.3) is 0 Å². The number of nitrogens with one attached hydrogen (secondary N) is 1. The third-order valence-corrected chi connectivity index (χ3v) is 6.27. The van der Waals surface area contributed by atoms with Crippen LogP contribution in [-0.2, 0) is 16.6 Å². The molecule has 2 rings (SSSR count). The fraction of sp³-hybridized carbons (Fsp3) is 0.167. The van der Waals surface area contributed by atoms with Crippen molar-refractivity contribution in [3.8, 4) is 0 Å². The molecule has 1 aromatic heterocycles. The molecule has 2 aromatic rings. The summed E-state index contributed by atoms with van der Waals surface area (Å²) in [7, 11) is -3.73. The van der Waals surface area contributed by atoms with Crippen molar-refractivity contribution in [2.45, 2.75) is 18.4 Å². The lowest BCUT2D eigenvalue weighted by Crippen LogP contribution is -2.13. The lowest BCUT2D eigenvalue weighted by molar-refractivity contribution is 0.601. The van der Waals surface area contributed by atoms with E-state index in [1.807, 2.05) is 0 Å². The van der Waals surface area contributed by atoms with E-state index < -0.39 is 15.8 Å². The summed E-state index contributed by atoms with van der Waals surface area (Å²) < 4.78 is 40.6. The molecule has 0 radical (unpaired) electrons. The largest absolute Gasteiger partial charge is 0.326 e. The third-order valence-electron chi connectivity index (χ3n) is 2.63. The second-order valence-electron chi connectivity index (χ2n) is 4.12. The molecule has 0 aliphatic heterocycles. The summed E-state index contributed by atoms with van der Waals surface area (Å²) >= 11 is 4.49. The SMILES string of the molecule is Cc1cc(F)ccc1NS(=O)(=O)c1cc(CN)sc1Br. The van der Waals surface area contributed by atoms with Crippen molar-refractivity contribution in [3.05, 3.63) is 44.3 Å². The maximum atomic E-state index is 13.0. The van der Waals surface area contributed by atoms with Crippen LogP contribution in [0.3, 0.4) is 0 Å². The second-order valence-corrected chi connectivity index (χ2v) is 8.23. The van der Waals surface area contributed by atoms with Crippen molar-refractivity contribution in [1.82, 2.24) is 0 Å². The first kappa shape index (κ1) is 15.4. The van der Waals surface area contributed by atoms with Crippen molar-refractivity contribution in [1.29, 1.82) is 0 Å². The van der Waals surface area contributed by atoms with Crippen LogP contribution in [0.15, 0.2) is 32.9 Å². The summed E-state index contributed by atoms with van der Waals surface area (Å²) in [5.74, 6) is -0.410. The molecule has 1 heterocycles. The molecule has 0 spiro atoms. The van der Waals surface area contributed by atoms with Gasteiger partial charge in [0.25, 0.3) is 10.0 Å². The minimum Gasteiger partial charge on any atom is -0.326 e. The number of hydrogen-bond donors (Lipinski definition) is 2. The van der Waals surface area contributed by atoms with Crippen LogP contribution in [-0.4, -0.2) is 8.42 Å². The summed E-state index contributed by atoms with van der Waals surface area (Å²) in [5, 5.41) is 0. The minimum atomic E-state index is -3.73. The lowest BCUT2D eigenvalue weighted by Gasteiger charge is -2.09. The van der Waals surface area contributed by atoms with Gasteiger partial charge < -0.3 is 5.73 Å². The minimum absolute atomic E-state index is 0.131. The first-order valence-corrected chi connectivity index (χ1v) is 8.70. The van der Waals surface area contributed by atoms with Crippen LogP contribution in [0, 0.1) is 12.7 Å². The molecule has 0 aliphatic rings. The van der Waals surface area contributed by atoms with Crippen molar-refractivity contribution >= 4 is 43.0 Å². The summed E-state index contributed by atoms with van der Waals surface area (Å²) in [6.07, 6.45) is 0. The molecule has 0 aliphatic carbocycles. The van der Waals surface area contributed by atoms with Gasteiger partial charge >= 0.3 is 0 Å². The Morgan fingerprint density at radius 1 is 1.40 bits per heavy atom. The number of hydrogen-bond acceptors (Lipinski definition) is 4. The van der Waals surface area contributed by atoms with Crippen molar-refractivity contribution in [3.63, 3.8) is 0 Å². The number of nitrogens with two attached hydrogens (primary N) is 1. The molecule has 8 heteroatoms. The zero-order chi connectivity index (χ0) is 14.9. The van der Waals surface area contributed by atoms with Gasteiger partial charge in [0.1, 0.15) is 10.7 Å². The van der Waals surface area contributed by atoms with Gasteiger partial charge in [0, 0.05) is 11.4 Å². The molecule has 0 saturated heterocycles. The van der Waals surface area contributed by atoms with Gasteiger partial charge in [0.2, 0.25) is 0 Å². The third kappa shape index (κ3) is 3.20. The monoisotopic (exact) mass is 378 g/mol. The van der Waals surface area contributed by atoms with Crippen LogP contribution < -0.4 is 10.5 Å². The lowest BCUT2D eigenvalue weighted by atomic mass is 10.2. The zero-order valence-corrected chi connectivity index (χ0v) is 13.7.